The summed E-state index contributed by atoms with van der Waals surface area (Å²) in [4.78, 5) is 10.7. The van der Waals surface area contributed by atoms with Gasteiger partial charge in [-0.15, -0.1) is 0 Å². The molecule has 32 heavy (non-hydrogen) atoms. The zero-order valence-electron chi connectivity index (χ0n) is 16.4. The molecule has 3 heterocycles. The number of nitrogens with zero attached hydrogens (tertiary/aromatic N) is 3. The van der Waals surface area contributed by atoms with Crippen LogP contribution >= 0.6 is 0 Å². The molecule has 0 bridgehead atoms. The van der Waals surface area contributed by atoms with Crippen molar-refractivity contribution in [2.45, 2.75) is 29.0 Å². The molecule has 1 aromatic carbocycles. The van der Waals surface area contributed by atoms with E-state index in [1.165, 1.54) is 11.8 Å². The number of hydrogen-bond donors (Lipinski definition) is 2. The summed E-state index contributed by atoms with van der Waals surface area (Å²) in [5.74, 6) is -2.66. The minimum Gasteiger partial charge on any atom is -0.384 e. The third kappa shape index (κ3) is 3.72. The van der Waals surface area contributed by atoms with Gasteiger partial charge in [0.1, 0.15) is 44.1 Å². The van der Waals surface area contributed by atoms with Crippen LogP contribution in [0.3, 0.4) is 0 Å². The van der Waals surface area contributed by atoms with Crippen molar-refractivity contribution in [3.05, 3.63) is 35.7 Å². The third-order valence-corrected chi connectivity index (χ3v) is 6.77. The first-order chi connectivity index (χ1) is 14.9. The average molecular weight is 477 g/mol. The van der Waals surface area contributed by atoms with E-state index in [1.54, 1.807) is 0 Å². The molecule has 2 aromatic heterocycles. The number of benzene rings is 1. The number of morpholine rings is 1. The number of nitrogen functional groups attached to an aromatic ring is 1. The van der Waals surface area contributed by atoms with Crippen LogP contribution in [0, 0.1) is 18.6 Å². The van der Waals surface area contributed by atoms with Crippen molar-refractivity contribution in [1.82, 2.24) is 15.0 Å². The van der Waals surface area contributed by atoms with E-state index < -0.39 is 55.9 Å². The standard InChI is InChI=1S/C18H16F5N5O3S/c1-8-25-13-14(17(26-8)28-4-5-31-12(7-28)18(21,22)23)27-16(24)15(13)32(29,30)11-3-2-9(19)6-10(11)20/h2-3,6,12,27H,4-5,7,24H2,1H3/t12-/m1/s1. The largest absolute Gasteiger partial charge is 0.416 e. The molecular formula is C18H16F5N5O3S. The Kier molecular flexibility index (Phi) is 5.24. The molecule has 4 rings (SSSR count). The number of sulfone groups is 1. The van der Waals surface area contributed by atoms with Gasteiger partial charge in [0.2, 0.25) is 9.84 Å². The summed E-state index contributed by atoms with van der Waals surface area (Å²) in [6, 6.07) is 1.94. The number of aryl methyl sites for hydroxylation is 1. The summed E-state index contributed by atoms with van der Waals surface area (Å²) in [7, 11) is -4.61. The van der Waals surface area contributed by atoms with Crippen LogP contribution in [0.5, 0.6) is 0 Å². The normalized spacial score (nSPS) is 17.8. The van der Waals surface area contributed by atoms with Crippen molar-refractivity contribution >= 4 is 32.5 Å². The third-order valence-electron chi connectivity index (χ3n) is 4.90. The molecule has 3 aromatic rings. The molecule has 0 radical (unpaired) electrons. The van der Waals surface area contributed by atoms with Crippen LogP contribution in [0.25, 0.3) is 11.0 Å². The van der Waals surface area contributed by atoms with Crippen molar-refractivity contribution in [2.75, 3.05) is 30.3 Å². The quantitative estimate of drug-likeness (QED) is 0.440. The SMILES string of the molecule is Cc1nc(N2CCO[C@@H](C(F)(F)F)C2)c2[nH]c(N)c(S(=O)(=O)c3ccc(F)cc3F)c2n1. The maximum Gasteiger partial charge on any atom is 0.416 e. The van der Waals surface area contributed by atoms with Crippen LogP contribution in [0.1, 0.15) is 5.82 Å². The van der Waals surface area contributed by atoms with E-state index in [1.807, 2.05) is 0 Å². The fraction of sp³-hybridized carbons (Fsp3) is 0.333. The van der Waals surface area contributed by atoms with Crippen molar-refractivity contribution in [3.63, 3.8) is 0 Å². The first kappa shape index (κ1) is 22.2. The van der Waals surface area contributed by atoms with Crippen molar-refractivity contribution in [1.29, 1.82) is 0 Å². The van der Waals surface area contributed by atoms with Crippen molar-refractivity contribution in [2.24, 2.45) is 0 Å². The smallest absolute Gasteiger partial charge is 0.384 e. The number of ether oxygens (including phenoxy) is 1. The number of nitrogens with two attached hydrogens (primary N) is 1. The molecule has 3 N–H and O–H groups in total. The molecule has 1 aliphatic rings. The fourth-order valence-corrected chi connectivity index (χ4v) is 5.03. The second-order valence-corrected chi connectivity index (χ2v) is 8.97. The number of halogens is 5. The van der Waals surface area contributed by atoms with Crippen LogP contribution in [0.15, 0.2) is 28.0 Å². The van der Waals surface area contributed by atoms with Gasteiger partial charge in [-0.1, -0.05) is 0 Å². The molecule has 1 atom stereocenters. The Morgan fingerprint density at radius 1 is 1.25 bits per heavy atom. The topological polar surface area (TPSA) is 114 Å². The lowest BCUT2D eigenvalue weighted by atomic mass is 10.2. The summed E-state index contributed by atoms with van der Waals surface area (Å²) in [6.45, 7) is 0.647. The molecule has 1 saturated heterocycles. The van der Waals surface area contributed by atoms with Gasteiger partial charge in [0.15, 0.2) is 11.9 Å². The van der Waals surface area contributed by atoms with Crippen LogP contribution in [0.2, 0.25) is 0 Å². The minimum absolute atomic E-state index is 0.00206. The monoisotopic (exact) mass is 477 g/mol. The molecule has 8 nitrogen and oxygen atoms in total. The highest BCUT2D eigenvalue weighted by Gasteiger charge is 2.44. The summed E-state index contributed by atoms with van der Waals surface area (Å²) in [6.07, 6.45) is -6.67. The van der Waals surface area contributed by atoms with Gasteiger partial charge >= 0.3 is 6.18 Å². The van der Waals surface area contributed by atoms with E-state index in [2.05, 4.69) is 15.0 Å². The predicted molar refractivity (Wildman–Crippen MR) is 103 cm³/mol. The van der Waals surface area contributed by atoms with E-state index in [-0.39, 0.29) is 35.8 Å². The van der Waals surface area contributed by atoms with E-state index >= 15 is 0 Å². The highest BCUT2D eigenvalue weighted by Crippen LogP contribution is 2.37. The Morgan fingerprint density at radius 2 is 1.97 bits per heavy atom. The predicted octanol–water partition coefficient (Wildman–Crippen LogP) is 2.73. The molecule has 172 valence electrons. The van der Waals surface area contributed by atoms with Crippen LogP contribution < -0.4 is 10.6 Å². The Bertz CT molecular complexity index is 1310. The number of rotatable bonds is 3. The minimum atomic E-state index is -4.61. The van der Waals surface area contributed by atoms with Gasteiger partial charge in [-0.25, -0.2) is 27.2 Å². The number of H-pyrrole nitrogens is 1. The van der Waals surface area contributed by atoms with E-state index in [4.69, 9.17) is 10.5 Å². The number of aromatic nitrogens is 3. The molecule has 1 aliphatic heterocycles. The summed E-state index contributed by atoms with van der Waals surface area (Å²) in [5, 5.41) is 0. The van der Waals surface area contributed by atoms with Crippen molar-refractivity contribution < 1.29 is 35.1 Å². The second kappa shape index (κ2) is 7.55. The maximum atomic E-state index is 14.2. The Hall–Kier alpha value is -3.00. The number of fused-ring (bicyclic) bond motifs is 1. The number of anilines is 2. The lowest BCUT2D eigenvalue weighted by molar-refractivity contribution is -0.221. The van der Waals surface area contributed by atoms with Gasteiger partial charge in [-0.2, -0.15) is 13.2 Å². The Labute approximate surface area is 178 Å². The number of nitrogens with one attached hydrogen (secondary N) is 1. The van der Waals surface area contributed by atoms with Gasteiger partial charge in [0.05, 0.1) is 13.2 Å². The molecule has 14 heteroatoms. The Morgan fingerprint density at radius 3 is 2.62 bits per heavy atom. The highest BCUT2D eigenvalue weighted by atomic mass is 32.2. The van der Waals surface area contributed by atoms with Gasteiger partial charge in [0.25, 0.3) is 0 Å². The highest BCUT2D eigenvalue weighted by molar-refractivity contribution is 7.92. The zero-order chi connectivity index (χ0) is 23.4. The molecule has 0 spiro atoms. The first-order valence-electron chi connectivity index (χ1n) is 9.18. The molecule has 0 saturated carbocycles. The maximum absolute atomic E-state index is 14.2. The van der Waals surface area contributed by atoms with Crippen LogP contribution in [-0.2, 0) is 14.6 Å². The van der Waals surface area contributed by atoms with Gasteiger partial charge in [-0.05, 0) is 19.1 Å². The molecule has 0 unspecified atom stereocenters. The summed E-state index contributed by atoms with van der Waals surface area (Å²) >= 11 is 0. The van der Waals surface area contributed by atoms with Gasteiger partial charge in [-0.3, -0.25) is 0 Å². The van der Waals surface area contributed by atoms with Gasteiger partial charge < -0.3 is 20.4 Å². The summed E-state index contributed by atoms with van der Waals surface area (Å²) in [5.41, 5.74) is 5.63. The number of alkyl halides is 3. The second-order valence-electron chi connectivity index (χ2n) is 7.11. The van der Waals surface area contributed by atoms with Crippen molar-refractivity contribution in [3.8, 4) is 0 Å². The lowest BCUT2D eigenvalue weighted by Gasteiger charge is -2.34. The van der Waals surface area contributed by atoms with E-state index in [9.17, 15) is 30.4 Å². The fourth-order valence-electron chi connectivity index (χ4n) is 3.50. The molecule has 0 aliphatic carbocycles. The zero-order valence-corrected chi connectivity index (χ0v) is 17.2. The molecule has 1 fully saturated rings. The molecular weight excluding hydrogens is 461 g/mol. The number of aromatic amines is 1. The van der Waals surface area contributed by atoms with E-state index in [0.29, 0.717) is 6.07 Å². The Balaban J connectivity index is 1.88. The summed E-state index contributed by atoms with van der Waals surface area (Å²) < 4.78 is 98.0. The first-order valence-corrected chi connectivity index (χ1v) is 10.7. The number of hydrogen-bond acceptors (Lipinski definition) is 7. The van der Waals surface area contributed by atoms with Gasteiger partial charge in [0, 0.05) is 12.6 Å². The van der Waals surface area contributed by atoms with Crippen LogP contribution in [0.4, 0.5) is 33.6 Å². The van der Waals surface area contributed by atoms with Crippen LogP contribution in [-0.4, -0.2) is 55.3 Å². The lowest BCUT2D eigenvalue weighted by Crippen LogP contribution is -2.49. The average Bonchev–Trinajstić information content (AvgIpc) is 3.02. The molecule has 0 amide bonds. The van der Waals surface area contributed by atoms with E-state index in [0.717, 1.165) is 12.1 Å².